The molecule has 0 saturated carbocycles. The summed E-state index contributed by atoms with van der Waals surface area (Å²) in [5, 5.41) is 2.53. The standard InChI is InChI=1S/C11H12F2N2OS/c1-2-9(10(14)17)15-11(16)6-3-4-7(12)8(13)5-6/h3-5,9H,2H2,1H3,(H2,14,17)(H,15,16). The van der Waals surface area contributed by atoms with Gasteiger partial charge in [-0.2, -0.15) is 0 Å². The van der Waals surface area contributed by atoms with Crippen LogP contribution in [0.2, 0.25) is 0 Å². The number of hydrogen-bond donors (Lipinski definition) is 2. The zero-order chi connectivity index (χ0) is 13.0. The topological polar surface area (TPSA) is 55.1 Å². The van der Waals surface area contributed by atoms with Crippen molar-refractivity contribution in [2.45, 2.75) is 19.4 Å². The molecule has 1 unspecified atom stereocenters. The van der Waals surface area contributed by atoms with E-state index in [9.17, 15) is 13.6 Å². The van der Waals surface area contributed by atoms with Gasteiger partial charge in [-0.1, -0.05) is 19.1 Å². The van der Waals surface area contributed by atoms with Gasteiger partial charge in [-0.05, 0) is 24.6 Å². The van der Waals surface area contributed by atoms with Gasteiger partial charge in [-0.15, -0.1) is 0 Å². The first kappa shape index (κ1) is 13.5. The van der Waals surface area contributed by atoms with Crippen LogP contribution in [-0.2, 0) is 0 Å². The highest BCUT2D eigenvalue weighted by molar-refractivity contribution is 7.80. The van der Waals surface area contributed by atoms with Gasteiger partial charge < -0.3 is 11.1 Å². The van der Waals surface area contributed by atoms with E-state index in [1.165, 1.54) is 6.07 Å². The third-order valence-electron chi connectivity index (χ3n) is 2.24. The molecule has 1 atom stereocenters. The summed E-state index contributed by atoms with van der Waals surface area (Å²) in [7, 11) is 0. The van der Waals surface area contributed by atoms with Crippen LogP contribution in [0.1, 0.15) is 23.7 Å². The Morgan fingerprint density at radius 2 is 2.12 bits per heavy atom. The fraction of sp³-hybridized carbons (Fsp3) is 0.273. The Labute approximate surface area is 103 Å². The van der Waals surface area contributed by atoms with E-state index in [1.807, 2.05) is 0 Å². The molecule has 3 N–H and O–H groups in total. The van der Waals surface area contributed by atoms with E-state index >= 15 is 0 Å². The first-order valence-electron chi connectivity index (χ1n) is 5.01. The van der Waals surface area contributed by atoms with Crippen LogP contribution in [0.4, 0.5) is 8.78 Å². The lowest BCUT2D eigenvalue weighted by Crippen LogP contribution is -2.43. The van der Waals surface area contributed by atoms with E-state index in [0.717, 1.165) is 12.1 Å². The molecule has 0 aromatic heterocycles. The van der Waals surface area contributed by atoms with Crippen molar-refractivity contribution in [1.29, 1.82) is 0 Å². The molecule has 0 spiro atoms. The lowest BCUT2D eigenvalue weighted by atomic mass is 10.1. The molecule has 1 aromatic carbocycles. The molecule has 0 saturated heterocycles. The van der Waals surface area contributed by atoms with Gasteiger partial charge in [0.25, 0.3) is 5.91 Å². The van der Waals surface area contributed by atoms with Crippen molar-refractivity contribution in [1.82, 2.24) is 5.32 Å². The molecule has 1 rings (SSSR count). The Morgan fingerprint density at radius 1 is 1.47 bits per heavy atom. The Morgan fingerprint density at radius 3 is 2.59 bits per heavy atom. The molecule has 1 aromatic rings. The normalized spacial score (nSPS) is 11.9. The molecule has 1 amide bonds. The summed E-state index contributed by atoms with van der Waals surface area (Å²) in [6.07, 6.45) is 0.532. The Bertz CT molecular complexity index is 451. The average molecular weight is 258 g/mol. The maximum Gasteiger partial charge on any atom is 0.251 e. The smallest absolute Gasteiger partial charge is 0.251 e. The molecular formula is C11H12F2N2OS. The molecule has 0 radical (unpaired) electrons. The first-order chi connectivity index (χ1) is 7.95. The molecule has 6 heteroatoms. The van der Waals surface area contributed by atoms with Crippen LogP contribution in [-0.4, -0.2) is 16.9 Å². The molecule has 0 aliphatic heterocycles. The second-order valence-corrected chi connectivity index (χ2v) is 3.94. The number of carbonyl (C=O) groups excluding carboxylic acids is 1. The molecule has 92 valence electrons. The highest BCUT2D eigenvalue weighted by atomic mass is 32.1. The Balaban J connectivity index is 2.82. The van der Waals surface area contributed by atoms with Gasteiger partial charge in [0.05, 0.1) is 11.0 Å². The average Bonchev–Trinajstić information content (AvgIpc) is 2.28. The van der Waals surface area contributed by atoms with Crippen molar-refractivity contribution in [3.8, 4) is 0 Å². The number of benzene rings is 1. The van der Waals surface area contributed by atoms with Crippen LogP contribution in [0.25, 0.3) is 0 Å². The Hall–Kier alpha value is -1.56. The monoisotopic (exact) mass is 258 g/mol. The summed E-state index contributed by atoms with van der Waals surface area (Å²) in [6.45, 7) is 1.80. The summed E-state index contributed by atoms with van der Waals surface area (Å²) in [5.74, 6) is -2.60. The van der Waals surface area contributed by atoms with Crippen molar-refractivity contribution >= 4 is 23.1 Å². The maximum absolute atomic E-state index is 12.9. The molecule has 0 heterocycles. The predicted octanol–water partition coefficient (Wildman–Crippen LogP) is 1.76. The van der Waals surface area contributed by atoms with E-state index in [0.29, 0.717) is 6.42 Å². The quantitative estimate of drug-likeness (QED) is 0.809. The van der Waals surface area contributed by atoms with E-state index in [-0.39, 0.29) is 10.6 Å². The molecule has 0 aliphatic rings. The molecule has 17 heavy (non-hydrogen) atoms. The second-order valence-electron chi connectivity index (χ2n) is 3.47. The van der Waals surface area contributed by atoms with Crippen molar-refractivity contribution in [2.24, 2.45) is 5.73 Å². The lowest BCUT2D eigenvalue weighted by molar-refractivity contribution is 0.0946. The van der Waals surface area contributed by atoms with Crippen molar-refractivity contribution < 1.29 is 13.6 Å². The van der Waals surface area contributed by atoms with Crippen LogP contribution in [0.5, 0.6) is 0 Å². The maximum atomic E-state index is 12.9. The van der Waals surface area contributed by atoms with Crippen LogP contribution in [0.3, 0.4) is 0 Å². The van der Waals surface area contributed by atoms with Crippen LogP contribution in [0, 0.1) is 11.6 Å². The van der Waals surface area contributed by atoms with Crippen molar-refractivity contribution in [3.05, 3.63) is 35.4 Å². The zero-order valence-electron chi connectivity index (χ0n) is 9.17. The number of rotatable bonds is 4. The van der Waals surface area contributed by atoms with Gasteiger partial charge in [0.1, 0.15) is 0 Å². The SMILES string of the molecule is CCC(NC(=O)c1ccc(F)c(F)c1)C(N)=S. The molecule has 0 fully saturated rings. The Kier molecular flexibility index (Phi) is 4.51. The third-order valence-corrected chi connectivity index (χ3v) is 2.52. The van der Waals surface area contributed by atoms with Crippen LogP contribution < -0.4 is 11.1 Å². The van der Waals surface area contributed by atoms with Gasteiger partial charge in [-0.25, -0.2) is 8.78 Å². The number of nitrogens with one attached hydrogen (secondary N) is 1. The minimum atomic E-state index is -1.07. The minimum absolute atomic E-state index is 0.0265. The van der Waals surface area contributed by atoms with Crippen molar-refractivity contribution in [2.75, 3.05) is 0 Å². The minimum Gasteiger partial charge on any atom is -0.392 e. The van der Waals surface area contributed by atoms with Gasteiger partial charge in [-0.3, -0.25) is 4.79 Å². The molecule has 0 bridgehead atoms. The van der Waals surface area contributed by atoms with E-state index in [4.69, 9.17) is 18.0 Å². The first-order valence-corrected chi connectivity index (χ1v) is 5.41. The number of amides is 1. The zero-order valence-corrected chi connectivity index (χ0v) is 9.98. The number of hydrogen-bond acceptors (Lipinski definition) is 2. The third kappa shape index (κ3) is 3.45. The number of carbonyl (C=O) groups is 1. The summed E-state index contributed by atoms with van der Waals surface area (Å²) in [6, 6.07) is 2.47. The van der Waals surface area contributed by atoms with Gasteiger partial charge in [0.15, 0.2) is 11.6 Å². The van der Waals surface area contributed by atoms with Crippen LogP contribution in [0.15, 0.2) is 18.2 Å². The number of halogens is 2. The molecule has 0 aliphatic carbocycles. The summed E-state index contributed by atoms with van der Waals surface area (Å²) in [4.78, 5) is 11.8. The summed E-state index contributed by atoms with van der Waals surface area (Å²) >= 11 is 4.76. The summed E-state index contributed by atoms with van der Waals surface area (Å²) in [5.41, 5.74) is 5.44. The lowest BCUT2D eigenvalue weighted by Gasteiger charge is -2.15. The summed E-state index contributed by atoms with van der Waals surface area (Å²) < 4.78 is 25.6. The van der Waals surface area contributed by atoms with Gasteiger partial charge >= 0.3 is 0 Å². The number of nitrogens with two attached hydrogens (primary N) is 1. The fourth-order valence-electron chi connectivity index (χ4n) is 1.25. The fourth-order valence-corrected chi connectivity index (χ4v) is 1.48. The van der Waals surface area contributed by atoms with Crippen LogP contribution >= 0.6 is 12.2 Å². The highest BCUT2D eigenvalue weighted by Gasteiger charge is 2.15. The van der Waals surface area contributed by atoms with E-state index < -0.39 is 23.6 Å². The van der Waals surface area contributed by atoms with E-state index in [2.05, 4.69) is 5.32 Å². The van der Waals surface area contributed by atoms with Gasteiger partial charge in [0.2, 0.25) is 0 Å². The molecule has 3 nitrogen and oxygen atoms in total. The predicted molar refractivity (Wildman–Crippen MR) is 64.7 cm³/mol. The van der Waals surface area contributed by atoms with Gasteiger partial charge in [0, 0.05) is 5.56 Å². The molecular weight excluding hydrogens is 246 g/mol. The second kappa shape index (κ2) is 5.67. The highest BCUT2D eigenvalue weighted by Crippen LogP contribution is 2.09. The number of thiocarbonyl (C=S) groups is 1. The van der Waals surface area contributed by atoms with Crippen molar-refractivity contribution in [3.63, 3.8) is 0 Å². The largest absolute Gasteiger partial charge is 0.392 e. The van der Waals surface area contributed by atoms with E-state index in [1.54, 1.807) is 6.92 Å².